The Morgan fingerprint density at radius 1 is 0.812 bits per heavy atom. The van der Waals surface area contributed by atoms with Gasteiger partial charge in [-0.25, -0.2) is 0 Å². The zero-order valence-corrected chi connectivity index (χ0v) is 13.0. The maximum Gasteiger partial charge on any atom is 0.0104 e. The molecule has 16 heavy (non-hydrogen) atoms. The second kappa shape index (κ2) is 5.36. The van der Waals surface area contributed by atoms with Gasteiger partial charge in [-0.15, -0.1) is 0 Å². The molecule has 1 N–H and O–H groups in total. The normalized spacial score (nSPS) is 20.4. The summed E-state index contributed by atoms with van der Waals surface area (Å²) in [4.78, 5) is 0. The molecule has 1 aliphatic carbocycles. The zero-order valence-electron chi connectivity index (χ0n) is 12.1. The van der Waals surface area contributed by atoms with Crippen LogP contribution in [0, 0.1) is 0 Å². The van der Waals surface area contributed by atoms with Gasteiger partial charge in [0.25, 0.3) is 0 Å². The highest BCUT2D eigenvalue weighted by atomic mass is 31.1. The van der Waals surface area contributed by atoms with E-state index in [-0.39, 0.29) is 8.07 Å². The lowest BCUT2D eigenvalue weighted by Gasteiger charge is -2.44. The smallest absolute Gasteiger partial charge is 0.0104 e. The first-order valence-electron chi connectivity index (χ1n) is 6.78. The highest BCUT2D eigenvalue weighted by Gasteiger charge is 2.35. The quantitative estimate of drug-likeness (QED) is 0.680. The predicted molar refractivity (Wildman–Crippen MR) is 76.4 cm³/mol. The van der Waals surface area contributed by atoms with E-state index in [0.717, 1.165) is 6.04 Å². The molecule has 96 valence electrons. The first-order valence-corrected chi connectivity index (χ1v) is 8.12. The first-order chi connectivity index (χ1) is 7.21. The van der Waals surface area contributed by atoms with Crippen LogP contribution in [-0.4, -0.2) is 16.4 Å². The van der Waals surface area contributed by atoms with Crippen LogP contribution in [0.5, 0.6) is 0 Å². The van der Waals surface area contributed by atoms with Gasteiger partial charge in [-0.05, 0) is 31.2 Å². The van der Waals surface area contributed by atoms with Gasteiger partial charge >= 0.3 is 0 Å². The van der Waals surface area contributed by atoms with Crippen molar-refractivity contribution in [3.8, 4) is 0 Å². The number of hydrogen-bond donors (Lipinski definition) is 1. The molecular weight excluding hydrogens is 213 g/mol. The Labute approximate surface area is 104 Å². The molecule has 1 rings (SSSR count). The lowest BCUT2D eigenvalue weighted by atomic mass is 9.96. The molecule has 0 aromatic rings. The molecule has 1 saturated carbocycles. The minimum absolute atomic E-state index is 0.116. The van der Waals surface area contributed by atoms with Crippen LogP contribution in [0.2, 0.25) is 0 Å². The van der Waals surface area contributed by atoms with E-state index in [2.05, 4.69) is 46.6 Å². The molecule has 0 amide bonds. The Hall–Kier alpha value is 0.390. The van der Waals surface area contributed by atoms with Crippen molar-refractivity contribution in [1.29, 1.82) is 0 Å². The molecule has 2 heteroatoms. The number of nitrogens with one attached hydrogen (secondary N) is 1. The van der Waals surface area contributed by atoms with E-state index in [4.69, 9.17) is 0 Å². The van der Waals surface area contributed by atoms with Crippen molar-refractivity contribution in [3.63, 3.8) is 0 Å². The Morgan fingerprint density at radius 2 is 1.25 bits per heavy atom. The Bertz CT molecular complexity index is 192. The molecule has 0 aromatic carbocycles. The van der Waals surface area contributed by atoms with Crippen LogP contribution in [-0.2, 0) is 0 Å². The van der Waals surface area contributed by atoms with Gasteiger partial charge in [-0.2, -0.15) is 0 Å². The van der Waals surface area contributed by atoms with E-state index in [0.29, 0.717) is 10.3 Å². The predicted octanol–water partition coefficient (Wildman–Crippen LogP) is 4.90. The van der Waals surface area contributed by atoms with Crippen molar-refractivity contribution in [2.45, 2.75) is 90.0 Å². The molecule has 0 heterocycles. The van der Waals surface area contributed by atoms with Crippen LogP contribution in [0.3, 0.4) is 0 Å². The molecule has 0 radical (unpaired) electrons. The van der Waals surface area contributed by atoms with Gasteiger partial charge in [0.05, 0.1) is 0 Å². The second-order valence-electron chi connectivity index (χ2n) is 7.14. The molecule has 1 nitrogen and oxygen atoms in total. The average molecular weight is 243 g/mol. The minimum atomic E-state index is -0.116. The summed E-state index contributed by atoms with van der Waals surface area (Å²) in [5.41, 5.74) is 0. The van der Waals surface area contributed by atoms with Gasteiger partial charge in [-0.1, -0.05) is 60.8 Å². The van der Waals surface area contributed by atoms with Crippen LogP contribution >= 0.6 is 8.07 Å². The summed E-state index contributed by atoms with van der Waals surface area (Å²) in [5, 5.41) is 4.82. The van der Waals surface area contributed by atoms with E-state index in [1.54, 1.807) is 0 Å². The van der Waals surface area contributed by atoms with E-state index in [1.807, 2.05) is 0 Å². The van der Waals surface area contributed by atoms with E-state index >= 15 is 0 Å². The molecule has 0 saturated heterocycles. The maximum atomic E-state index is 4.00. The summed E-state index contributed by atoms with van der Waals surface area (Å²) >= 11 is 0. The van der Waals surface area contributed by atoms with Gasteiger partial charge in [0.15, 0.2) is 0 Å². The van der Waals surface area contributed by atoms with Crippen molar-refractivity contribution in [1.82, 2.24) is 5.09 Å². The Morgan fingerprint density at radius 3 is 1.62 bits per heavy atom. The summed E-state index contributed by atoms with van der Waals surface area (Å²) in [6, 6.07) is 0.790. The van der Waals surface area contributed by atoms with Crippen LogP contribution < -0.4 is 5.09 Å². The fourth-order valence-corrected chi connectivity index (χ4v) is 6.22. The maximum absolute atomic E-state index is 4.00. The number of rotatable bonds is 2. The van der Waals surface area contributed by atoms with Crippen LogP contribution in [0.25, 0.3) is 0 Å². The third-order valence-electron chi connectivity index (χ3n) is 3.26. The first kappa shape index (κ1) is 14.5. The zero-order chi connectivity index (χ0) is 12.4. The third kappa shape index (κ3) is 4.34. The van der Waals surface area contributed by atoms with Gasteiger partial charge in [0.1, 0.15) is 0 Å². The molecule has 0 atom stereocenters. The van der Waals surface area contributed by atoms with Crippen molar-refractivity contribution in [2.75, 3.05) is 0 Å². The van der Waals surface area contributed by atoms with Crippen molar-refractivity contribution in [3.05, 3.63) is 0 Å². The molecular formula is C14H30NP. The molecule has 1 fully saturated rings. The molecule has 0 bridgehead atoms. The van der Waals surface area contributed by atoms with Gasteiger partial charge in [0, 0.05) is 6.04 Å². The monoisotopic (exact) mass is 243 g/mol. The van der Waals surface area contributed by atoms with E-state index < -0.39 is 0 Å². The summed E-state index contributed by atoms with van der Waals surface area (Å²) in [7, 11) is -0.116. The van der Waals surface area contributed by atoms with Crippen LogP contribution in [0.4, 0.5) is 0 Å². The highest BCUT2D eigenvalue weighted by molar-refractivity contribution is 7.58. The van der Waals surface area contributed by atoms with Crippen LogP contribution in [0.1, 0.15) is 73.6 Å². The summed E-state index contributed by atoms with van der Waals surface area (Å²) in [6.07, 6.45) is 7.08. The summed E-state index contributed by atoms with van der Waals surface area (Å²) in [6.45, 7) is 14.3. The minimum Gasteiger partial charge on any atom is -0.292 e. The molecule has 0 spiro atoms. The molecule has 1 aliphatic rings. The summed E-state index contributed by atoms with van der Waals surface area (Å²) < 4.78 is 0. The van der Waals surface area contributed by atoms with Crippen molar-refractivity contribution < 1.29 is 0 Å². The van der Waals surface area contributed by atoms with Gasteiger partial charge in [0.2, 0.25) is 0 Å². The van der Waals surface area contributed by atoms with Crippen molar-refractivity contribution in [2.24, 2.45) is 0 Å². The largest absolute Gasteiger partial charge is 0.292 e. The topological polar surface area (TPSA) is 12.0 Å². The lowest BCUT2D eigenvalue weighted by molar-refractivity contribution is 0.415. The van der Waals surface area contributed by atoms with Gasteiger partial charge in [-0.3, -0.25) is 5.09 Å². The second-order valence-corrected chi connectivity index (χ2v) is 10.8. The number of hydrogen-bond acceptors (Lipinski definition) is 1. The van der Waals surface area contributed by atoms with Crippen molar-refractivity contribution >= 4 is 8.07 Å². The highest BCUT2D eigenvalue weighted by Crippen LogP contribution is 2.56. The fourth-order valence-electron chi connectivity index (χ4n) is 2.81. The Balaban J connectivity index is 2.63. The fraction of sp³-hybridized carbons (Fsp3) is 1.00. The average Bonchev–Trinajstić information content (AvgIpc) is 2.12. The molecule has 0 unspecified atom stereocenters. The van der Waals surface area contributed by atoms with E-state index in [9.17, 15) is 0 Å². The standard InChI is InChI=1S/C14H30NP/c1-13(2,3)16(14(4,5)6)15-12-10-8-7-9-11-12/h12,15H,7-11H2,1-6H3. The molecule has 0 aromatic heterocycles. The van der Waals surface area contributed by atoms with E-state index in [1.165, 1.54) is 32.1 Å². The Kier molecular flexibility index (Phi) is 4.84. The lowest BCUT2D eigenvalue weighted by Crippen LogP contribution is -2.38. The van der Waals surface area contributed by atoms with Gasteiger partial charge < -0.3 is 0 Å². The summed E-state index contributed by atoms with van der Waals surface area (Å²) in [5.74, 6) is 0. The third-order valence-corrected chi connectivity index (χ3v) is 6.57. The SMILES string of the molecule is CC(C)(C)P(NC1CCCCC1)C(C)(C)C. The molecule has 0 aliphatic heterocycles. The van der Waals surface area contributed by atoms with Crippen LogP contribution in [0.15, 0.2) is 0 Å².